The molecule has 0 bridgehead atoms. The molecule has 1 aromatic heterocycles. The highest BCUT2D eigenvalue weighted by molar-refractivity contribution is 5.48. The molecule has 3 rings (SSSR count). The second-order valence-corrected chi connectivity index (χ2v) is 6.79. The van der Waals surface area contributed by atoms with Gasteiger partial charge >= 0.3 is 0 Å². The number of benzene rings is 1. The number of ether oxygens (including phenoxy) is 2. The summed E-state index contributed by atoms with van der Waals surface area (Å²) in [4.78, 5) is 0. The summed E-state index contributed by atoms with van der Waals surface area (Å²) in [5, 5.41) is 11.7. The number of nitrogens with one attached hydrogen (secondary N) is 2. The van der Waals surface area contributed by atoms with E-state index >= 15 is 0 Å². The predicted molar refractivity (Wildman–Crippen MR) is 99.6 cm³/mol. The Hall–Kier alpha value is -2.21. The second-order valence-electron chi connectivity index (χ2n) is 6.79. The van der Waals surface area contributed by atoms with Crippen molar-refractivity contribution in [3.05, 3.63) is 35.0 Å². The smallest absolute Gasteiger partial charge is 0.161 e. The molecule has 0 aliphatic carbocycles. The first-order chi connectivity index (χ1) is 12.0. The van der Waals surface area contributed by atoms with E-state index in [9.17, 15) is 0 Å². The molecule has 0 unspecified atom stereocenters. The van der Waals surface area contributed by atoms with Crippen LogP contribution in [0.15, 0.2) is 18.2 Å². The van der Waals surface area contributed by atoms with Gasteiger partial charge in [-0.2, -0.15) is 5.10 Å². The molecule has 1 aromatic carbocycles. The molecule has 0 amide bonds. The maximum absolute atomic E-state index is 5.44. The Balaban J connectivity index is 1.64. The van der Waals surface area contributed by atoms with E-state index in [1.54, 1.807) is 14.2 Å². The fraction of sp³-hybridized carbons (Fsp3) is 0.526. The minimum Gasteiger partial charge on any atom is -0.493 e. The Bertz CT molecular complexity index is 741. The van der Waals surface area contributed by atoms with Crippen molar-refractivity contribution >= 4 is 5.82 Å². The number of nitrogens with zero attached hydrogens (tertiary/aromatic N) is 2. The van der Waals surface area contributed by atoms with E-state index in [1.165, 1.54) is 11.1 Å². The second kappa shape index (κ2) is 7.35. The third kappa shape index (κ3) is 3.74. The van der Waals surface area contributed by atoms with Crippen molar-refractivity contribution in [3.63, 3.8) is 0 Å². The van der Waals surface area contributed by atoms with Crippen LogP contribution in [0.4, 0.5) is 5.82 Å². The molecular weight excluding hydrogens is 316 g/mol. The number of aromatic nitrogens is 2. The molecule has 0 radical (unpaired) electrons. The molecular formula is C19H28N4O2. The van der Waals surface area contributed by atoms with Crippen molar-refractivity contribution in [1.82, 2.24) is 15.1 Å². The van der Waals surface area contributed by atoms with Gasteiger partial charge in [-0.1, -0.05) is 0 Å². The first-order valence-corrected chi connectivity index (χ1v) is 8.76. The molecule has 136 valence electrons. The zero-order valence-corrected chi connectivity index (χ0v) is 15.7. The van der Waals surface area contributed by atoms with Crippen LogP contribution in [-0.2, 0) is 6.54 Å². The minimum atomic E-state index is 0.237. The van der Waals surface area contributed by atoms with Gasteiger partial charge in [-0.05, 0) is 44.0 Å². The highest BCUT2D eigenvalue weighted by Crippen LogP contribution is 2.33. The van der Waals surface area contributed by atoms with Crippen LogP contribution < -0.4 is 20.1 Å². The van der Waals surface area contributed by atoms with Crippen LogP contribution in [0, 0.1) is 19.8 Å². The van der Waals surface area contributed by atoms with Gasteiger partial charge in [0.05, 0.1) is 19.9 Å². The monoisotopic (exact) mass is 344 g/mol. The summed E-state index contributed by atoms with van der Waals surface area (Å²) in [5.74, 6) is 3.17. The summed E-state index contributed by atoms with van der Waals surface area (Å²) < 4.78 is 12.9. The van der Waals surface area contributed by atoms with Gasteiger partial charge in [0, 0.05) is 37.7 Å². The SMILES string of the molecule is COc1cc(C)c([C@@H](C)NC[C@@H]2CNc3cc(C)nn3C2)cc1OC. The number of rotatable bonds is 6. The topological polar surface area (TPSA) is 60.3 Å². The molecule has 2 heterocycles. The molecule has 2 aromatic rings. The maximum Gasteiger partial charge on any atom is 0.161 e. The van der Waals surface area contributed by atoms with Crippen molar-refractivity contribution < 1.29 is 9.47 Å². The molecule has 2 atom stereocenters. The molecule has 6 nitrogen and oxygen atoms in total. The average molecular weight is 344 g/mol. The van der Waals surface area contributed by atoms with Crippen molar-refractivity contribution in [1.29, 1.82) is 0 Å². The van der Waals surface area contributed by atoms with Crippen LogP contribution in [0.2, 0.25) is 0 Å². The lowest BCUT2D eigenvalue weighted by molar-refractivity contribution is 0.352. The number of anilines is 1. The molecule has 0 fully saturated rings. The highest BCUT2D eigenvalue weighted by Gasteiger charge is 2.20. The average Bonchev–Trinajstić information content (AvgIpc) is 2.98. The van der Waals surface area contributed by atoms with Crippen LogP contribution in [0.5, 0.6) is 11.5 Å². The first-order valence-electron chi connectivity index (χ1n) is 8.76. The van der Waals surface area contributed by atoms with Crippen LogP contribution in [0.3, 0.4) is 0 Å². The number of hydrogen-bond acceptors (Lipinski definition) is 5. The zero-order chi connectivity index (χ0) is 18.0. The Kier molecular flexibility index (Phi) is 5.18. The summed E-state index contributed by atoms with van der Waals surface area (Å²) in [7, 11) is 3.34. The fourth-order valence-electron chi connectivity index (χ4n) is 3.44. The van der Waals surface area contributed by atoms with Gasteiger partial charge in [0.1, 0.15) is 5.82 Å². The molecule has 1 aliphatic rings. The molecule has 0 saturated carbocycles. The largest absolute Gasteiger partial charge is 0.493 e. The fourth-order valence-corrected chi connectivity index (χ4v) is 3.44. The van der Waals surface area contributed by atoms with Crippen LogP contribution in [0.1, 0.15) is 29.8 Å². The zero-order valence-electron chi connectivity index (χ0n) is 15.7. The van der Waals surface area contributed by atoms with Crippen molar-refractivity contribution in [3.8, 4) is 11.5 Å². The van der Waals surface area contributed by atoms with E-state index in [4.69, 9.17) is 9.47 Å². The van der Waals surface area contributed by atoms with Crippen LogP contribution >= 0.6 is 0 Å². The number of fused-ring (bicyclic) bond motifs is 1. The molecule has 1 aliphatic heterocycles. The van der Waals surface area contributed by atoms with Gasteiger partial charge in [-0.3, -0.25) is 0 Å². The Morgan fingerprint density at radius 2 is 1.96 bits per heavy atom. The van der Waals surface area contributed by atoms with Gasteiger partial charge in [0.15, 0.2) is 11.5 Å². The van der Waals surface area contributed by atoms with Gasteiger partial charge < -0.3 is 20.1 Å². The summed E-state index contributed by atoms with van der Waals surface area (Å²) in [6.07, 6.45) is 0. The molecule has 0 spiro atoms. The molecule has 0 saturated heterocycles. The lowest BCUT2D eigenvalue weighted by atomic mass is 10.0. The lowest BCUT2D eigenvalue weighted by Gasteiger charge is -2.27. The number of hydrogen-bond donors (Lipinski definition) is 2. The van der Waals surface area contributed by atoms with E-state index in [-0.39, 0.29) is 6.04 Å². The van der Waals surface area contributed by atoms with Gasteiger partial charge in [-0.15, -0.1) is 0 Å². The van der Waals surface area contributed by atoms with E-state index < -0.39 is 0 Å². The predicted octanol–water partition coefficient (Wildman–Crippen LogP) is 2.91. The van der Waals surface area contributed by atoms with E-state index in [2.05, 4.69) is 46.4 Å². The number of aryl methyl sites for hydroxylation is 2. The summed E-state index contributed by atoms with van der Waals surface area (Å²) in [6, 6.07) is 6.44. The van der Waals surface area contributed by atoms with Crippen molar-refractivity contribution in [2.45, 2.75) is 33.4 Å². The van der Waals surface area contributed by atoms with Crippen LogP contribution in [-0.4, -0.2) is 37.1 Å². The molecule has 25 heavy (non-hydrogen) atoms. The summed E-state index contributed by atoms with van der Waals surface area (Å²) in [5.41, 5.74) is 3.49. The van der Waals surface area contributed by atoms with Gasteiger partial charge in [0.2, 0.25) is 0 Å². The third-order valence-electron chi connectivity index (χ3n) is 4.86. The Labute approximate surface area is 149 Å². The normalized spacial score (nSPS) is 17.6. The minimum absolute atomic E-state index is 0.237. The molecule has 2 N–H and O–H groups in total. The van der Waals surface area contributed by atoms with Crippen molar-refractivity contribution in [2.24, 2.45) is 5.92 Å². The molecule has 6 heteroatoms. The number of methoxy groups -OCH3 is 2. The van der Waals surface area contributed by atoms with Gasteiger partial charge in [-0.25, -0.2) is 4.68 Å². The van der Waals surface area contributed by atoms with E-state index in [0.717, 1.165) is 42.6 Å². The van der Waals surface area contributed by atoms with Crippen molar-refractivity contribution in [2.75, 3.05) is 32.6 Å². The van der Waals surface area contributed by atoms with Crippen LogP contribution in [0.25, 0.3) is 0 Å². The summed E-state index contributed by atoms with van der Waals surface area (Å²) >= 11 is 0. The lowest BCUT2D eigenvalue weighted by Crippen LogP contribution is -2.36. The standard InChI is InChI=1S/C19H28N4O2/c1-12-6-17(24-4)18(25-5)8-16(12)14(3)20-9-15-10-21-19-7-13(2)22-23(19)11-15/h6-8,14-15,20-21H,9-11H2,1-5H3/t14-,15-/m1/s1. The first kappa shape index (κ1) is 17.6. The highest BCUT2D eigenvalue weighted by atomic mass is 16.5. The van der Waals surface area contributed by atoms with Gasteiger partial charge in [0.25, 0.3) is 0 Å². The Morgan fingerprint density at radius 1 is 1.24 bits per heavy atom. The van der Waals surface area contributed by atoms with E-state index in [1.807, 2.05) is 13.0 Å². The third-order valence-corrected chi connectivity index (χ3v) is 4.86. The Morgan fingerprint density at radius 3 is 2.68 bits per heavy atom. The quantitative estimate of drug-likeness (QED) is 0.844. The summed E-state index contributed by atoms with van der Waals surface area (Å²) in [6.45, 7) is 9.17. The van der Waals surface area contributed by atoms with E-state index in [0.29, 0.717) is 5.92 Å². The maximum atomic E-state index is 5.44.